The van der Waals surface area contributed by atoms with E-state index >= 15 is 0 Å². The van der Waals surface area contributed by atoms with Crippen molar-refractivity contribution in [2.75, 3.05) is 19.8 Å². The van der Waals surface area contributed by atoms with Crippen LogP contribution in [0, 0.1) is 0 Å². The van der Waals surface area contributed by atoms with Gasteiger partial charge in [-0.25, -0.2) is 4.79 Å². The van der Waals surface area contributed by atoms with E-state index in [2.05, 4.69) is 0 Å². The summed E-state index contributed by atoms with van der Waals surface area (Å²) in [7, 11) is 0. The molecule has 1 aliphatic heterocycles. The lowest BCUT2D eigenvalue weighted by Gasteiger charge is -2.10. The molecule has 0 bridgehead atoms. The highest BCUT2D eigenvalue weighted by atomic mass is 35.5. The fourth-order valence-corrected chi connectivity index (χ4v) is 2.56. The lowest BCUT2D eigenvalue weighted by molar-refractivity contribution is 0.0147. The van der Waals surface area contributed by atoms with Crippen molar-refractivity contribution >= 4 is 22.7 Å². The number of benzene rings is 1. The maximum atomic E-state index is 11.8. The summed E-state index contributed by atoms with van der Waals surface area (Å²) in [6.45, 7) is 2.31. The van der Waals surface area contributed by atoms with E-state index in [0.717, 1.165) is 25.0 Å². The molecule has 2 heterocycles. The van der Waals surface area contributed by atoms with Crippen molar-refractivity contribution in [2.45, 2.75) is 25.5 Å². The van der Waals surface area contributed by atoms with Crippen molar-refractivity contribution < 1.29 is 13.9 Å². The van der Waals surface area contributed by atoms with Crippen LogP contribution >= 0.6 is 11.6 Å². The van der Waals surface area contributed by atoms with Crippen LogP contribution in [0.1, 0.15) is 12.8 Å². The van der Waals surface area contributed by atoms with Crippen molar-refractivity contribution in [2.24, 2.45) is 0 Å². The zero-order valence-electron chi connectivity index (χ0n) is 11.0. The molecule has 0 N–H and O–H groups in total. The van der Waals surface area contributed by atoms with Crippen LogP contribution < -0.4 is 5.76 Å². The van der Waals surface area contributed by atoms with Gasteiger partial charge in [0.1, 0.15) is 0 Å². The van der Waals surface area contributed by atoms with Crippen molar-refractivity contribution in [3.05, 3.63) is 33.8 Å². The predicted octanol–water partition coefficient (Wildman–Crippen LogP) is 2.44. The number of ether oxygens (including phenoxy) is 2. The lowest BCUT2D eigenvalue weighted by atomic mass is 10.2. The standard InChI is InChI=1S/C14H16ClNO4/c15-10-3-4-12-13(8-10)20-14(17)16(12)5-7-18-9-11-2-1-6-19-11/h3-4,8,11H,1-2,5-7,9H2. The Morgan fingerprint density at radius 2 is 2.35 bits per heavy atom. The second-order valence-corrected chi connectivity index (χ2v) is 5.28. The molecular formula is C14H16ClNO4. The first kappa shape index (κ1) is 13.7. The van der Waals surface area contributed by atoms with E-state index in [4.69, 9.17) is 25.5 Å². The molecule has 2 aromatic rings. The highest BCUT2D eigenvalue weighted by Gasteiger charge is 2.15. The molecule has 1 atom stereocenters. The molecule has 1 aromatic heterocycles. The number of rotatable bonds is 5. The zero-order valence-corrected chi connectivity index (χ0v) is 11.8. The normalized spacial score (nSPS) is 18.9. The SMILES string of the molecule is O=c1oc2cc(Cl)ccc2n1CCOCC1CCCO1. The van der Waals surface area contributed by atoms with E-state index in [1.807, 2.05) is 0 Å². The van der Waals surface area contributed by atoms with Gasteiger partial charge in [0.2, 0.25) is 0 Å². The van der Waals surface area contributed by atoms with Gasteiger partial charge in [0.25, 0.3) is 0 Å². The molecule has 0 amide bonds. The molecule has 0 aliphatic carbocycles. The Hall–Kier alpha value is -1.30. The van der Waals surface area contributed by atoms with Crippen molar-refractivity contribution in [3.63, 3.8) is 0 Å². The van der Waals surface area contributed by atoms with Gasteiger partial charge in [0.15, 0.2) is 5.58 Å². The molecule has 1 saturated heterocycles. The van der Waals surface area contributed by atoms with Gasteiger partial charge in [-0.2, -0.15) is 0 Å². The number of oxazole rings is 1. The summed E-state index contributed by atoms with van der Waals surface area (Å²) >= 11 is 5.87. The molecule has 6 heteroatoms. The third-order valence-electron chi connectivity index (χ3n) is 3.42. The highest BCUT2D eigenvalue weighted by molar-refractivity contribution is 6.31. The molecule has 1 fully saturated rings. The van der Waals surface area contributed by atoms with Crippen LogP contribution in [0.15, 0.2) is 27.4 Å². The Labute approximate surface area is 121 Å². The van der Waals surface area contributed by atoms with E-state index in [0.29, 0.717) is 30.4 Å². The van der Waals surface area contributed by atoms with Crippen LogP contribution in [0.4, 0.5) is 0 Å². The van der Waals surface area contributed by atoms with Gasteiger partial charge < -0.3 is 13.9 Å². The molecule has 5 nitrogen and oxygen atoms in total. The third kappa shape index (κ3) is 2.90. The molecule has 1 unspecified atom stereocenters. The molecule has 3 rings (SSSR count). The van der Waals surface area contributed by atoms with Crippen LogP contribution in [0.3, 0.4) is 0 Å². The van der Waals surface area contributed by atoms with Crippen LogP contribution in [0.5, 0.6) is 0 Å². The quantitative estimate of drug-likeness (QED) is 0.796. The largest absolute Gasteiger partial charge is 0.420 e. The molecule has 20 heavy (non-hydrogen) atoms. The van der Waals surface area contributed by atoms with Crippen molar-refractivity contribution in [1.29, 1.82) is 0 Å². The number of fused-ring (bicyclic) bond motifs is 1. The maximum Gasteiger partial charge on any atom is 0.420 e. The average molecular weight is 298 g/mol. The molecule has 0 saturated carbocycles. The first-order valence-electron chi connectivity index (χ1n) is 6.72. The third-order valence-corrected chi connectivity index (χ3v) is 3.65. The van der Waals surface area contributed by atoms with Gasteiger partial charge in [0, 0.05) is 17.7 Å². The monoisotopic (exact) mass is 297 g/mol. The Balaban J connectivity index is 1.62. The fourth-order valence-electron chi connectivity index (χ4n) is 2.40. The van der Waals surface area contributed by atoms with Crippen molar-refractivity contribution in [1.82, 2.24) is 4.57 Å². The number of nitrogens with zero attached hydrogens (tertiary/aromatic N) is 1. The van der Waals surface area contributed by atoms with Crippen LogP contribution in [-0.2, 0) is 16.0 Å². The van der Waals surface area contributed by atoms with E-state index in [1.165, 1.54) is 0 Å². The summed E-state index contributed by atoms with van der Waals surface area (Å²) < 4.78 is 17.7. The minimum Gasteiger partial charge on any atom is -0.408 e. The minimum atomic E-state index is -0.386. The molecule has 1 aliphatic rings. The smallest absolute Gasteiger partial charge is 0.408 e. The summed E-state index contributed by atoms with van der Waals surface area (Å²) in [5.74, 6) is -0.386. The number of halogens is 1. The molecule has 1 aromatic carbocycles. The fraction of sp³-hybridized carbons (Fsp3) is 0.500. The number of hydrogen-bond donors (Lipinski definition) is 0. The van der Waals surface area contributed by atoms with Gasteiger partial charge in [-0.3, -0.25) is 4.57 Å². The van der Waals surface area contributed by atoms with Crippen molar-refractivity contribution in [3.8, 4) is 0 Å². The Kier molecular flexibility index (Phi) is 4.10. The van der Waals surface area contributed by atoms with Crippen LogP contribution in [-0.4, -0.2) is 30.5 Å². The van der Waals surface area contributed by atoms with Gasteiger partial charge in [-0.05, 0) is 25.0 Å². The van der Waals surface area contributed by atoms with Crippen LogP contribution in [0.2, 0.25) is 5.02 Å². The van der Waals surface area contributed by atoms with Gasteiger partial charge in [-0.1, -0.05) is 11.6 Å². The average Bonchev–Trinajstić information content (AvgIpc) is 3.02. The predicted molar refractivity (Wildman–Crippen MR) is 75.3 cm³/mol. The number of aromatic nitrogens is 1. The topological polar surface area (TPSA) is 53.6 Å². The highest BCUT2D eigenvalue weighted by Crippen LogP contribution is 2.18. The van der Waals surface area contributed by atoms with E-state index in [1.54, 1.807) is 22.8 Å². The minimum absolute atomic E-state index is 0.201. The van der Waals surface area contributed by atoms with Gasteiger partial charge in [-0.15, -0.1) is 0 Å². The zero-order chi connectivity index (χ0) is 13.9. The van der Waals surface area contributed by atoms with Crippen LogP contribution in [0.25, 0.3) is 11.1 Å². The summed E-state index contributed by atoms with van der Waals surface area (Å²) in [5, 5.41) is 0.549. The molecule has 0 radical (unpaired) electrons. The second kappa shape index (κ2) is 5.99. The molecule has 0 spiro atoms. The Morgan fingerprint density at radius 1 is 1.45 bits per heavy atom. The summed E-state index contributed by atoms with van der Waals surface area (Å²) in [4.78, 5) is 11.8. The maximum absolute atomic E-state index is 11.8. The van der Waals surface area contributed by atoms with E-state index < -0.39 is 0 Å². The van der Waals surface area contributed by atoms with Gasteiger partial charge >= 0.3 is 5.76 Å². The first-order valence-corrected chi connectivity index (χ1v) is 7.10. The van der Waals surface area contributed by atoms with E-state index in [-0.39, 0.29) is 11.9 Å². The Bertz CT molecular complexity index is 642. The molecule has 108 valence electrons. The second-order valence-electron chi connectivity index (χ2n) is 4.84. The summed E-state index contributed by atoms with van der Waals surface area (Å²) in [6, 6.07) is 5.16. The van der Waals surface area contributed by atoms with Gasteiger partial charge in [0.05, 0.1) is 31.4 Å². The summed E-state index contributed by atoms with van der Waals surface area (Å²) in [5.41, 5.74) is 1.24. The Morgan fingerprint density at radius 3 is 3.15 bits per heavy atom. The van der Waals surface area contributed by atoms with E-state index in [9.17, 15) is 4.79 Å². The first-order chi connectivity index (χ1) is 9.74. The lowest BCUT2D eigenvalue weighted by Crippen LogP contribution is -2.20. The number of hydrogen-bond acceptors (Lipinski definition) is 4. The summed E-state index contributed by atoms with van der Waals surface area (Å²) in [6.07, 6.45) is 2.35. The molecular weight excluding hydrogens is 282 g/mol.